The number of piperidine rings is 1. The van der Waals surface area contributed by atoms with Crippen LogP contribution in [0.3, 0.4) is 0 Å². The molecular formula is C13H19NO4. The normalized spacial score (nSPS) is 30.2. The predicted molar refractivity (Wildman–Crippen MR) is 64.9 cm³/mol. The van der Waals surface area contributed by atoms with Gasteiger partial charge in [-0.2, -0.15) is 0 Å². The molecule has 2 heterocycles. The second-order valence-electron chi connectivity index (χ2n) is 4.85. The maximum absolute atomic E-state index is 11.6. The molecule has 0 aromatic carbocycles. The highest BCUT2D eigenvalue weighted by atomic mass is 16.6. The Kier molecular flexibility index (Phi) is 3.79. The van der Waals surface area contributed by atoms with Crippen molar-refractivity contribution in [2.75, 3.05) is 19.7 Å². The highest BCUT2D eigenvalue weighted by Gasteiger charge is 2.47. The van der Waals surface area contributed by atoms with Crippen LogP contribution in [0.25, 0.3) is 0 Å². The van der Waals surface area contributed by atoms with Crippen LogP contribution < -0.4 is 0 Å². The molecule has 2 aliphatic rings. The van der Waals surface area contributed by atoms with Crippen molar-refractivity contribution in [1.29, 1.82) is 0 Å². The van der Waals surface area contributed by atoms with Gasteiger partial charge in [0.15, 0.2) is 0 Å². The summed E-state index contributed by atoms with van der Waals surface area (Å²) >= 11 is 0. The molecular weight excluding hydrogens is 234 g/mol. The molecule has 1 N–H and O–H groups in total. The van der Waals surface area contributed by atoms with Gasteiger partial charge in [0.2, 0.25) is 0 Å². The Morgan fingerprint density at radius 2 is 2.28 bits per heavy atom. The van der Waals surface area contributed by atoms with Gasteiger partial charge in [-0.3, -0.25) is 0 Å². The van der Waals surface area contributed by atoms with Crippen molar-refractivity contribution in [2.24, 2.45) is 0 Å². The van der Waals surface area contributed by atoms with E-state index in [-0.39, 0.29) is 11.7 Å². The number of carbonyl (C=O) groups is 1. The predicted octanol–water partition coefficient (Wildman–Crippen LogP) is 0.760. The summed E-state index contributed by atoms with van der Waals surface area (Å²) < 4.78 is 10.7. The first-order valence-corrected chi connectivity index (χ1v) is 6.34. The number of amides is 1. The van der Waals surface area contributed by atoms with Gasteiger partial charge >= 0.3 is 6.09 Å². The number of aliphatic hydroxyl groups is 1. The Morgan fingerprint density at radius 3 is 2.78 bits per heavy atom. The van der Waals surface area contributed by atoms with E-state index >= 15 is 0 Å². The minimum Gasteiger partial charge on any atom is -0.450 e. The monoisotopic (exact) mass is 253 g/mol. The van der Waals surface area contributed by atoms with Crippen molar-refractivity contribution in [3.8, 4) is 12.3 Å². The first-order chi connectivity index (χ1) is 8.60. The molecule has 2 atom stereocenters. The van der Waals surface area contributed by atoms with Crippen molar-refractivity contribution in [1.82, 2.24) is 4.90 Å². The summed E-state index contributed by atoms with van der Waals surface area (Å²) in [5.74, 6) is 2.46. The molecule has 0 radical (unpaired) electrons. The zero-order valence-electron chi connectivity index (χ0n) is 10.6. The molecule has 5 heteroatoms. The molecule has 5 nitrogen and oxygen atoms in total. The summed E-state index contributed by atoms with van der Waals surface area (Å²) in [6.45, 7) is 3.35. The highest BCUT2D eigenvalue weighted by Crippen LogP contribution is 2.38. The lowest BCUT2D eigenvalue weighted by Crippen LogP contribution is -2.47. The SMILES string of the molecule is C#CC1OC2(CCN(C(=O)OCC)CC2)CC1O. The summed E-state index contributed by atoms with van der Waals surface area (Å²) in [5.41, 5.74) is -0.362. The summed E-state index contributed by atoms with van der Waals surface area (Å²) in [7, 11) is 0. The number of ether oxygens (including phenoxy) is 2. The lowest BCUT2D eigenvalue weighted by atomic mass is 9.88. The van der Waals surface area contributed by atoms with Crippen LogP contribution in [0.1, 0.15) is 26.2 Å². The molecule has 2 rings (SSSR count). The third kappa shape index (κ3) is 2.45. The maximum atomic E-state index is 11.6. The van der Waals surface area contributed by atoms with E-state index in [9.17, 15) is 9.90 Å². The number of hydrogen-bond acceptors (Lipinski definition) is 4. The van der Waals surface area contributed by atoms with Crippen LogP contribution in [0.2, 0.25) is 0 Å². The quantitative estimate of drug-likeness (QED) is 0.701. The maximum Gasteiger partial charge on any atom is 0.409 e. The molecule has 0 bridgehead atoms. The van der Waals surface area contributed by atoms with Gasteiger partial charge < -0.3 is 19.5 Å². The van der Waals surface area contributed by atoms with Crippen LogP contribution in [-0.2, 0) is 9.47 Å². The molecule has 0 aliphatic carbocycles. The largest absolute Gasteiger partial charge is 0.450 e. The number of rotatable bonds is 1. The lowest BCUT2D eigenvalue weighted by Gasteiger charge is -2.38. The van der Waals surface area contributed by atoms with Crippen molar-refractivity contribution in [3.63, 3.8) is 0 Å². The van der Waals surface area contributed by atoms with Gasteiger partial charge in [0, 0.05) is 19.5 Å². The van der Waals surface area contributed by atoms with Gasteiger partial charge in [0.1, 0.15) is 6.10 Å². The minimum absolute atomic E-state index is 0.278. The van der Waals surface area contributed by atoms with Gasteiger partial charge in [-0.1, -0.05) is 5.92 Å². The van der Waals surface area contributed by atoms with Crippen molar-refractivity contribution in [2.45, 2.75) is 44.0 Å². The smallest absolute Gasteiger partial charge is 0.409 e. The molecule has 2 unspecified atom stereocenters. The van der Waals surface area contributed by atoms with Crippen LogP contribution in [0.15, 0.2) is 0 Å². The third-order valence-electron chi connectivity index (χ3n) is 3.67. The second-order valence-corrected chi connectivity index (χ2v) is 4.85. The molecule has 2 aliphatic heterocycles. The van der Waals surface area contributed by atoms with Gasteiger partial charge in [-0.05, 0) is 19.8 Å². The Hall–Kier alpha value is -1.25. The van der Waals surface area contributed by atoms with Crippen LogP contribution in [0, 0.1) is 12.3 Å². The number of nitrogens with zero attached hydrogens (tertiary/aromatic N) is 1. The van der Waals surface area contributed by atoms with Crippen LogP contribution >= 0.6 is 0 Å². The summed E-state index contributed by atoms with van der Waals surface area (Å²) in [5, 5.41) is 9.79. The Labute approximate surface area is 107 Å². The average molecular weight is 253 g/mol. The summed E-state index contributed by atoms with van der Waals surface area (Å²) in [6.07, 6.45) is 5.87. The first-order valence-electron chi connectivity index (χ1n) is 6.34. The summed E-state index contributed by atoms with van der Waals surface area (Å²) in [6, 6.07) is 0. The fourth-order valence-corrected chi connectivity index (χ4v) is 2.66. The fourth-order valence-electron chi connectivity index (χ4n) is 2.66. The third-order valence-corrected chi connectivity index (χ3v) is 3.67. The average Bonchev–Trinajstić information content (AvgIpc) is 2.67. The van der Waals surface area contributed by atoms with E-state index in [0.717, 1.165) is 0 Å². The molecule has 1 amide bonds. The molecule has 0 aromatic rings. The fraction of sp³-hybridized carbons (Fsp3) is 0.769. The number of carbonyl (C=O) groups excluding carboxylic acids is 1. The summed E-state index contributed by atoms with van der Waals surface area (Å²) in [4.78, 5) is 13.2. The Balaban J connectivity index is 1.91. The van der Waals surface area contributed by atoms with E-state index in [4.69, 9.17) is 15.9 Å². The van der Waals surface area contributed by atoms with E-state index in [2.05, 4.69) is 5.92 Å². The van der Waals surface area contributed by atoms with Crippen LogP contribution in [0.4, 0.5) is 4.79 Å². The Bertz CT molecular complexity index is 354. The second kappa shape index (κ2) is 5.17. The van der Waals surface area contributed by atoms with E-state index in [1.165, 1.54) is 0 Å². The van der Waals surface area contributed by atoms with Crippen LogP contribution in [-0.4, -0.2) is 53.6 Å². The van der Waals surface area contributed by atoms with Crippen LogP contribution in [0.5, 0.6) is 0 Å². The molecule has 0 aromatic heterocycles. The van der Waals surface area contributed by atoms with Gasteiger partial charge in [-0.15, -0.1) is 6.42 Å². The van der Waals surface area contributed by atoms with Crippen molar-refractivity contribution < 1.29 is 19.4 Å². The lowest BCUT2D eigenvalue weighted by molar-refractivity contribution is -0.0622. The van der Waals surface area contributed by atoms with E-state index in [1.807, 2.05) is 0 Å². The molecule has 0 saturated carbocycles. The molecule has 100 valence electrons. The van der Waals surface area contributed by atoms with E-state index < -0.39 is 12.2 Å². The molecule has 2 saturated heterocycles. The van der Waals surface area contributed by atoms with Crippen molar-refractivity contribution in [3.05, 3.63) is 0 Å². The van der Waals surface area contributed by atoms with Gasteiger partial charge in [0.05, 0.1) is 18.3 Å². The van der Waals surface area contributed by atoms with Gasteiger partial charge in [-0.25, -0.2) is 4.79 Å². The molecule has 2 fully saturated rings. The standard InChI is InChI=1S/C13H19NO4/c1-3-11-10(15)9-13(18-11)5-7-14(8-6-13)12(16)17-4-2/h1,10-11,15H,4-9H2,2H3. The first kappa shape index (κ1) is 13.2. The topological polar surface area (TPSA) is 59.0 Å². The molecule has 1 spiro atoms. The van der Waals surface area contributed by atoms with Crippen molar-refractivity contribution >= 4 is 6.09 Å². The Morgan fingerprint density at radius 1 is 1.61 bits per heavy atom. The minimum atomic E-state index is -0.593. The zero-order valence-corrected chi connectivity index (χ0v) is 10.6. The highest BCUT2D eigenvalue weighted by molar-refractivity contribution is 5.67. The number of aliphatic hydroxyl groups excluding tert-OH is 1. The van der Waals surface area contributed by atoms with E-state index in [0.29, 0.717) is 39.0 Å². The van der Waals surface area contributed by atoms with E-state index in [1.54, 1.807) is 11.8 Å². The zero-order chi connectivity index (χ0) is 13.2. The molecule has 18 heavy (non-hydrogen) atoms. The number of likely N-dealkylation sites (tertiary alicyclic amines) is 1. The van der Waals surface area contributed by atoms with Gasteiger partial charge in [0.25, 0.3) is 0 Å². The number of hydrogen-bond donors (Lipinski definition) is 1. The number of terminal acetylenes is 1.